The average molecular weight is 258 g/mol. The second-order valence-corrected chi connectivity index (χ2v) is 4.84. The molecule has 0 spiro atoms. The minimum Gasteiger partial charge on any atom is -0.481 e. The van der Waals surface area contributed by atoms with Crippen molar-refractivity contribution >= 4 is 5.97 Å². The fourth-order valence-electron chi connectivity index (χ4n) is 2.18. The minimum absolute atomic E-state index is 0.397. The van der Waals surface area contributed by atoms with E-state index in [0.717, 1.165) is 22.6 Å². The van der Waals surface area contributed by atoms with Gasteiger partial charge in [-0.2, -0.15) is 5.10 Å². The molecule has 1 aromatic carbocycles. The Morgan fingerprint density at radius 1 is 1.32 bits per heavy atom. The third-order valence-corrected chi connectivity index (χ3v) is 3.37. The van der Waals surface area contributed by atoms with Gasteiger partial charge in [-0.25, -0.2) is 4.68 Å². The molecule has 1 aromatic heterocycles. The van der Waals surface area contributed by atoms with Crippen LogP contribution in [0.1, 0.15) is 23.9 Å². The number of benzene rings is 1. The van der Waals surface area contributed by atoms with Crippen LogP contribution in [-0.4, -0.2) is 20.9 Å². The van der Waals surface area contributed by atoms with Crippen molar-refractivity contribution in [2.75, 3.05) is 0 Å². The topological polar surface area (TPSA) is 55.1 Å². The maximum absolute atomic E-state index is 11.0. The molecule has 0 saturated heterocycles. The molecule has 2 rings (SSSR count). The summed E-state index contributed by atoms with van der Waals surface area (Å²) in [6.07, 6.45) is 0.514. The maximum atomic E-state index is 11.0. The van der Waals surface area contributed by atoms with Crippen LogP contribution in [-0.2, 0) is 11.2 Å². The molecule has 1 heterocycles. The van der Waals surface area contributed by atoms with E-state index in [4.69, 9.17) is 5.11 Å². The van der Waals surface area contributed by atoms with Gasteiger partial charge in [-0.15, -0.1) is 0 Å². The summed E-state index contributed by atoms with van der Waals surface area (Å²) in [6, 6.07) is 9.87. The lowest BCUT2D eigenvalue weighted by molar-refractivity contribution is -0.141. The van der Waals surface area contributed by atoms with E-state index in [1.165, 1.54) is 0 Å². The van der Waals surface area contributed by atoms with Gasteiger partial charge in [0.05, 0.1) is 17.3 Å². The van der Waals surface area contributed by atoms with Gasteiger partial charge in [0.1, 0.15) is 0 Å². The normalized spacial score (nSPS) is 12.4. The third-order valence-electron chi connectivity index (χ3n) is 3.37. The van der Waals surface area contributed by atoms with E-state index in [1.54, 1.807) is 6.92 Å². The van der Waals surface area contributed by atoms with E-state index in [2.05, 4.69) is 5.10 Å². The summed E-state index contributed by atoms with van der Waals surface area (Å²) in [6.45, 7) is 5.63. The maximum Gasteiger partial charge on any atom is 0.306 e. The number of nitrogens with zero attached hydrogens (tertiary/aromatic N) is 2. The first-order chi connectivity index (χ1) is 9.00. The van der Waals surface area contributed by atoms with Gasteiger partial charge in [-0.05, 0) is 38.0 Å². The number of aryl methyl sites for hydroxylation is 1. The van der Waals surface area contributed by atoms with Gasteiger partial charge < -0.3 is 5.11 Å². The van der Waals surface area contributed by atoms with E-state index in [9.17, 15) is 4.79 Å². The van der Waals surface area contributed by atoms with Gasteiger partial charge in [0.2, 0.25) is 0 Å². The van der Waals surface area contributed by atoms with Crippen LogP contribution in [0.5, 0.6) is 0 Å². The Morgan fingerprint density at radius 3 is 2.53 bits per heavy atom. The monoisotopic (exact) mass is 258 g/mol. The summed E-state index contributed by atoms with van der Waals surface area (Å²) in [5.74, 6) is -1.17. The zero-order chi connectivity index (χ0) is 14.0. The Balaban J connectivity index is 2.38. The van der Waals surface area contributed by atoms with E-state index in [1.807, 2.05) is 48.9 Å². The van der Waals surface area contributed by atoms with Gasteiger partial charge >= 0.3 is 5.97 Å². The zero-order valence-corrected chi connectivity index (χ0v) is 11.4. The number of hydrogen-bond donors (Lipinski definition) is 1. The highest BCUT2D eigenvalue weighted by Gasteiger charge is 2.18. The first-order valence-electron chi connectivity index (χ1n) is 6.34. The van der Waals surface area contributed by atoms with E-state index >= 15 is 0 Å². The highest BCUT2D eigenvalue weighted by atomic mass is 16.4. The zero-order valence-electron chi connectivity index (χ0n) is 11.4. The largest absolute Gasteiger partial charge is 0.481 e. The van der Waals surface area contributed by atoms with Crippen LogP contribution in [0.3, 0.4) is 0 Å². The van der Waals surface area contributed by atoms with Crippen LogP contribution in [0.15, 0.2) is 30.3 Å². The van der Waals surface area contributed by atoms with Crippen molar-refractivity contribution in [2.45, 2.75) is 27.2 Å². The number of rotatable bonds is 4. The molecular formula is C15H18N2O2. The first-order valence-corrected chi connectivity index (χ1v) is 6.34. The summed E-state index contributed by atoms with van der Waals surface area (Å²) in [4.78, 5) is 11.0. The highest BCUT2D eigenvalue weighted by molar-refractivity contribution is 5.70. The first kappa shape index (κ1) is 13.3. The van der Waals surface area contributed by atoms with Crippen molar-refractivity contribution in [3.05, 3.63) is 47.3 Å². The van der Waals surface area contributed by atoms with Crippen LogP contribution in [0.4, 0.5) is 0 Å². The second kappa shape index (κ2) is 5.26. The molecule has 1 atom stereocenters. The highest BCUT2D eigenvalue weighted by Crippen LogP contribution is 2.20. The second-order valence-electron chi connectivity index (χ2n) is 4.84. The Kier molecular flexibility index (Phi) is 3.69. The summed E-state index contributed by atoms with van der Waals surface area (Å²) >= 11 is 0. The van der Waals surface area contributed by atoms with Gasteiger partial charge in [-0.1, -0.05) is 25.1 Å². The van der Waals surface area contributed by atoms with Gasteiger partial charge in [0.25, 0.3) is 0 Å². The van der Waals surface area contributed by atoms with Crippen molar-refractivity contribution in [1.82, 2.24) is 9.78 Å². The van der Waals surface area contributed by atoms with E-state index < -0.39 is 11.9 Å². The number of carboxylic acid groups (broad SMARTS) is 1. The molecule has 0 radical (unpaired) electrons. The molecule has 0 fully saturated rings. The molecule has 1 N–H and O–H groups in total. The Hall–Kier alpha value is -2.10. The number of para-hydroxylation sites is 1. The summed E-state index contributed by atoms with van der Waals surface area (Å²) in [5, 5.41) is 13.5. The number of carbonyl (C=O) groups is 1. The van der Waals surface area contributed by atoms with Crippen LogP contribution >= 0.6 is 0 Å². The molecule has 4 nitrogen and oxygen atoms in total. The molecule has 100 valence electrons. The Bertz CT molecular complexity index is 588. The molecule has 0 bridgehead atoms. The molecule has 1 unspecified atom stereocenters. The van der Waals surface area contributed by atoms with Gasteiger partial charge in [0.15, 0.2) is 0 Å². The summed E-state index contributed by atoms with van der Waals surface area (Å²) in [7, 11) is 0. The average Bonchev–Trinajstić information content (AvgIpc) is 2.67. The molecule has 2 aromatic rings. The lowest BCUT2D eigenvalue weighted by atomic mass is 10.00. The predicted octanol–water partition coefficient (Wildman–Crippen LogP) is 2.75. The minimum atomic E-state index is -0.772. The Morgan fingerprint density at radius 2 is 1.95 bits per heavy atom. The van der Waals surface area contributed by atoms with Crippen LogP contribution < -0.4 is 0 Å². The smallest absolute Gasteiger partial charge is 0.306 e. The van der Waals surface area contributed by atoms with Crippen molar-refractivity contribution < 1.29 is 9.90 Å². The number of hydrogen-bond acceptors (Lipinski definition) is 2. The molecule has 0 saturated carbocycles. The van der Waals surface area contributed by atoms with E-state index in [0.29, 0.717) is 6.42 Å². The lowest BCUT2D eigenvalue weighted by Crippen LogP contribution is -2.13. The quantitative estimate of drug-likeness (QED) is 0.917. The SMILES string of the molecule is Cc1nn(-c2ccccc2)c(C)c1CC(C)C(=O)O. The van der Waals surface area contributed by atoms with Crippen molar-refractivity contribution in [2.24, 2.45) is 5.92 Å². The van der Waals surface area contributed by atoms with Gasteiger partial charge in [0, 0.05) is 5.69 Å². The number of aromatic nitrogens is 2. The van der Waals surface area contributed by atoms with Crippen LogP contribution in [0.25, 0.3) is 5.69 Å². The number of carboxylic acids is 1. The molecular weight excluding hydrogens is 240 g/mol. The molecule has 19 heavy (non-hydrogen) atoms. The van der Waals surface area contributed by atoms with E-state index in [-0.39, 0.29) is 0 Å². The van der Waals surface area contributed by atoms with Crippen LogP contribution in [0, 0.1) is 19.8 Å². The molecule has 0 aliphatic carbocycles. The third kappa shape index (κ3) is 2.67. The van der Waals surface area contributed by atoms with Gasteiger partial charge in [-0.3, -0.25) is 4.79 Å². The molecule has 0 aliphatic rings. The summed E-state index contributed by atoms with van der Waals surface area (Å²) < 4.78 is 1.87. The van der Waals surface area contributed by atoms with Crippen molar-refractivity contribution in [3.8, 4) is 5.69 Å². The lowest BCUT2D eigenvalue weighted by Gasteiger charge is -2.07. The van der Waals surface area contributed by atoms with Crippen molar-refractivity contribution in [3.63, 3.8) is 0 Å². The number of aliphatic carboxylic acids is 1. The fourth-order valence-corrected chi connectivity index (χ4v) is 2.18. The van der Waals surface area contributed by atoms with Crippen molar-refractivity contribution in [1.29, 1.82) is 0 Å². The molecule has 0 aliphatic heterocycles. The molecule has 4 heteroatoms. The Labute approximate surface area is 112 Å². The molecule has 0 amide bonds. The predicted molar refractivity (Wildman–Crippen MR) is 73.5 cm³/mol. The summed E-state index contributed by atoms with van der Waals surface area (Å²) in [5.41, 5.74) is 3.93. The van der Waals surface area contributed by atoms with Crippen LogP contribution in [0.2, 0.25) is 0 Å². The standard InChI is InChI=1S/C15H18N2O2/c1-10(15(18)19)9-14-11(2)16-17(12(14)3)13-7-5-4-6-8-13/h4-8,10H,9H2,1-3H3,(H,18,19). The fraction of sp³-hybridized carbons (Fsp3) is 0.333.